The quantitative estimate of drug-likeness (QED) is 0.826. The molecule has 1 aliphatic carbocycles. The van der Waals surface area contributed by atoms with E-state index in [0.717, 1.165) is 38.5 Å². The highest BCUT2D eigenvalue weighted by atomic mass is 16.5. The third kappa shape index (κ3) is 1.59. The average molecular weight is 279 g/mol. The molecule has 1 saturated carbocycles. The Morgan fingerprint density at radius 1 is 1.25 bits per heavy atom. The number of fused-ring (bicyclic) bond motifs is 3. The van der Waals surface area contributed by atoms with Crippen molar-refractivity contribution in [2.45, 2.75) is 50.7 Å². The summed E-state index contributed by atoms with van der Waals surface area (Å²) in [5, 5.41) is 9.58. The van der Waals surface area contributed by atoms with Gasteiger partial charge in [0.2, 0.25) is 5.91 Å². The normalized spacial score (nSPS) is 45.9. The monoisotopic (exact) mass is 279 g/mol. The molecule has 5 atom stereocenters. The Labute approximate surface area is 118 Å². The van der Waals surface area contributed by atoms with Crippen LogP contribution in [0.5, 0.6) is 0 Å². The lowest BCUT2D eigenvalue weighted by molar-refractivity contribution is -0.149. The van der Waals surface area contributed by atoms with Gasteiger partial charge in [0.15, 0.2) is 0 Å². The topological polar surface area (TPSA) is 66.8 Å². The van der Waals surface area contributed by atoms with Gasteiger partial charge in [-0.2, -0.15) is 0 Å². The van der Waals surface area contributed by atoms with E-state index >= 15 is 0 Å². The molecule has 1 N–H and O–H groups in total. The largest absolute Gasteiger partial charge is 0.481 e. The number of hydrogen-bond acceptors (Lipinski definition) is 3. The van der Waals surface area contributed by atoms with Crippen LogP contribution in [-0.2, 0) is 14.3 Å². The number of carboxylic acid groups (broad SMARTS) is 1. The van der Waals surface area contributed by atoms with Crippen LogP contribution < -0.4 is 0 Å². The fourth-order valence-corrected chi connectivity index (χ4v) is 4.94. The van der Waals surface area contributed by atoms with E-state index in [-0.39, 0.29) is 30.0 Å². The van der Waals surface area contributed by atoms with Crippen molar-refractivity contribution in [2.75, 3.05) is 13.1 Å². The molecule has 0 aromatic heterocycles. The van der Waals surface area contributed by atoms with Crippen molar-refractivity contribution in [1.82, 2.24) is 4.90 Å². The molecule has 4 rings (SSSR count). The number of ether oxygens (including phenoxy) is 1. The second-order valence-electron chi connectivity index (χ2n) is 6.99. The van der Waals surface area contributed by atoms with E-state index in [1.165, 1.54) is 0 Å². The molecule has 0 aromatic carbocycles. The van der Waals surface area contributed by atoms with Crippen molar-refractivity contribution in [3.05, 3.63) is 0 Å². The van der Waals surface area contributed by atoms with Crippen LogP contribution in [0.25, 0.3) is 0 Å². The summed E-state index contributed by atoms with van der Waals surface area (Å²) in [6, 6.07) is 0. The Morgan fingerprint density at radius 2 is 2.10 bits per heavy atom. The van der Waals surface area contributed by atoms with Gasteiger partial charge in [-0.1, -0.05) is 6.42 Å². The standard InChI is InChI=1S/C15H21NO4/c17-13(11-6-10-3-4-12(11)20-10)16-7-9-2-1-5-15(9,8-16)14(18)19/h9-12H,1-8H2,(H,18,19)/t9-,10?,11?,12?,15+/m0/s1. The van der Waals surface area contributed by atoms with Crippen LogP contribution in [0.1, 0.15) is 38.5 Å². The molecule has 0 spiro atoms. The SMILES string of the molecule is O=C(C1CC2CCC1O2)N1C[C@@H]2CCC[C@@]2(C(=O)O)C1. The summed E-state index contributed by atoms with van der Waals surface area (Å²) in [7, 11) is 0. The molecule has 20 heavy (non-hydrogen) atoms. The van der Waals surface area contributed by atoms with Crippen LogP contribution in [0.15, 0.2) is 0 Å². The van der Waals surface area contributed by atoms with Gasteiger partial charge >= 0.3 is 5.97 Å². The highest BCUT2D eigenvalue weighted by Crippen LogP contribution is 2.50. The van der Waals surface area contributed by atoms with E-state index in [0.29, 0.717) is 13.1 Å². The number of rotatable bonds is 2. The number of carbonyl (C=O) groups is 2. The molecule has 3 aliphatic heterocycles. The lowest BCUT2D eigenvalue weighted by Crippen LogP contribution is -2.41. The van der Waals surface area contributed by atoms with Crippen molar-refractivity contribution in [1.29, 1.82) is 0 Å². The molecular weight excluding hydrogens is 258 g/mol. The Morgan fingerprint density at radius 3 is 2.70 bits per heavy atom. The van der Waals surface area contributed by atoms with Crippen LogP contribution in [-0.4, -0.2) is 47.2 Å². The first-order chi connectivity index (χ1) is 9.60. The molecule has 0 radical (unpaired) electrons. The molecule has 4 fully saturated rings. The van der Waals surface area contributed by atoms with E-state index < -0.39 is 11.4 Å². The highest BCUT2D eigenvalue weighted by Gasteiger charge is 2.57. The van der Waals surface area contributed by atoms with Gasteiger partial charge in [-0.25, -0.2) is 0 Å². The predicted octanol–water partition coefficient (Wildman–Crippen LogP) is 1.27. The molecule has 0 aromatic rings. The van der Waals surface area contributed by atoms with Gasteiger partial charge in [0.05, 0.1) is 23.5 Å². The lowest BCUT2D eigenvalue weighted by atomic mass is 9.81. The zero-order chi connectivity index (χ0) is 13.9. The summed E-state index contributed by atoms with van der Waals surface area (Å²) in [6.07, 6.45) is 5.92. The first-order valence-corrected chi connectivity index (χ1v) is 7.78. The second-order valence-corrected chi connectivity index (χ2v) is 6.99. The van der Waals surface area contributed by atoms with E-state index in [2.05, 4.69) is 0 Å². The van der Waals surface area contributed by atoms with Gasteiger partial charge in [-0.15, -0.1) is 0 Å². The molecular formula is C15H21NO4. The summed E-state index contributed by atoms with van der Waals surface area (Å²) >= 11 is 0. The predicted molar refractivity (Wildman–Crippen MR) is 70.0 cm³/mol. The maximum atomic E-state index is 12.7. The maximum Gasteiger partial charge on any atom is 0.311 e. The van der Waals surface area contributed by atoms with E-state index in [4.69, 9.17) is 4.74 Å². The molecule has 3 unspecified atom stereocenters. The molecule has 110 valence electrons. The van der Waals surface area contributed by atoms with Gasteiger partial charge in [0.25, 0.3) is 0 Å². The summed E-state index contributed by atoms with van der Waals surface area (Å²) < 4.78 is 5.77. The number of nitrogens with zero attached hydrogens (tertiary/aromatic N) is 1. The van der Waals surface area contributed by atoms with Gasteiger partial charge < -0.3 is 14.7 Å². The van der Waals surface area contributed by atoms with Crippen molar-refractivity contribution >= 4 is 11.9 Å². The number of carboxylic acids is 1. The van der Waals surface area contributed by atoms with Crippen LogP contribution >= 0.6 is 0 Å². The van der Waals surface area contributed by atoms with Crippen molar-refractivity contribution in [2.24, 2.45) is 17.3 Å². The van der Waals surface area contributed by atoms with Crippen LogP contribution in [0.3, 0.4) is 0 Å². The number of amides is 1. The highest BCUT2D eigenvalue weighted by molar-refractivity contribution is 5.83. The van der Waals surface area contributed by atoms with Crippen LogP contribution in [0.2, 0.25) is 0 Å². The minimum absolute atomic E-state index is 0.0154. The number of hydrogen-bond donors (Lipinski definition) is 1. The van der Waals surface area contributed by atoms with Crippen molar-refractivity contribution in [3.8, 4) is 0 Å². The van der Waals surface area contributed by atoms with E-state index in [1.54, 1.807) is 0 Å². The summed E-state index contributed by atoms with van der Waals surface area (Å²) in [5.41, 5.74) is -0.659. The van der Waals surface area contributed by atoms with Crippen molar-refractivity contribution in [3.63, 3.8) is 0 Å². The molecule has 5 heteroatoms. The first-order valence-electron chi connectivity index (χ1n) is 7.78. The summed E-state index contributed by atoms with van der Waals surface area (Å²) in [4.78, 5) is 26.2. The molecule has 4 aliphatic rings. The molecule has 3 saturated heterocycles. The van der Waals surface area contributed by atoms with Gasteiger partial charge in [0, 0.05) is 13.1 Å². The van der Waals surface area contributed by atoms with Gasteiger partial charge in [-0.05, 0) is 38.0 Å². The molecule has 1 amide bonds. The number of likely N-dealkylation sites (tertiary alicyclic amines) is 1. The summed E-state index contributed by atoms with van der Waals surface area (Å²) in [6.45, 7) is 1.05. The third-order valence-corrected chi connectivity index (χ3v) is 6.03. The lowest BCUT2D eigenvalue weighted by Gasteiger charge is -2.26. The molecule has 5 nitrogen and oxygen atoms in total. The van der Waals surface area contributed by atoms with Crippen molar-refractivity contribution < 1.29 is 19.4 Å². The first kappa shape index (κ1) is 12.6. The van der Waals surface area contributed by atoms with Gasteiger partial charge in [-0.3, -0.25) is 9.59 Å². The van der Waals surface area contributed by atoms with Crippen LogP contribution in [0, 0.1) is 17.3 Å². The Hall–Kier alpha value is -1.10. The molecule has 3 heterocycles. The molecule has 2 bridgehead atoms. The fraction of sp³-hybridized carbons (Fsp3) is 0.867. The van der Waals surface area contributed by atoms with E-state index in [9.17, 15) is 14.7 Å². The fourth-order valence-electron chi connectivity index (χ4n) is 4.94. The summed E-state index contributed by atoms with van der Waals surface area (Å²) in [5.74, 6) is -0.423. The van der Waals surface area contributed by atoms with E-state index in [1.807, 2.05) is 4.90 Å². The minimum atomic E-state index is -0.709. The average Bonchev–Trinajstić information content (AvgIpc) is 3.15. The maximum absolute atomic E-state index is 12.7. The Balaban J connectivity index is 1.51. The Bertz CT molecular complexity index is 465. The number of aliphatic carboxylic acids is 1. The smallest absolute Gasteiger partial charge is 0.311 e. The van der Waals surface area contributed by atoms with Gasteiger partial charge in [0.1, 0.15) is 0 Å². The zero-order valence-electron chi connectivity index (χ0n) is 11.6. The Kier molecular flexibility index (Phi) is 2.65. The zero-order valence-corrected chi connectivity index (χ0v) is 11.6. The number of carbonyl (C=O) groups excluding carboxylic acids is 1. The third-order valence-electron chi connectivity index (χ3n) is 6.03. The minimum Gasteiger partial charge on any atom is -0.481 e. The second kappa shape index (κ2) is 4.20. The van der Waals surface area contributed by atoms with Crippen LogP contribution in [0.4, 0.5) is 0 Å².